The van der Waals surface area contributed by atoms with E-state index in [1.54, 1.807) is 19.1 Å². The van der Waals surface area contributed by atoms with Crippen LogP contribution in [0, 0.1) is 34.1 Å². The maximum atomic E-state index is 12.9. The van der Waals surface area contributed by atoms with Crippen LogP contribution in [0.15, 0.2) is 54.6 Å². The Kier molecular flexibility index (Phi) is 5.07. The molecule has 11 nitrogen and oxygen atoms in total. The molecule has 11 heteroatoms. The lowest BCUT2D eigenvalue weighted by molar-refractivity contribution is -0.395. The number of para-hydroxylation sites is 1. The standard InChI is InChI=1S/C21H16N6O5/c1-12-9-20(25(24-12)19-8-7-14-5-3-4-6-16(14)22-19)23-21(28)15-10-17(26(29)30)13(2)18(11-15)27(31)32/h3-11H,1-2H3,(H,23,28). The van der Waals surface area contributed by atoms with Gasteiger partial charge in [-0.15, -0.1) is 0 Å². The Morgan fingerprint density at radius 2 is 1.62 bits per heavy atom. The Balaban J connectivity index is 1.73. The molecule has 160 valence electrons. The van der Waals surface area contributed by atoms with E-state index in [0.29, 0.717) is 11.5 Å². The number of nitro groups is 2. The minimum atomic E-state index is -0.757. The summed E-state index contributed by atoms with van der Waals surface area (Å²) in [5.41, 5.74) is -0.0320. The first-order chi connectivity index (χ1) is 15.2. The molecule has 0 radical (unpaired) electrons. The van der Waals surface area contributed by atoms with E-state index < -0.39 is 27.1 Å². The SMILES string of the molecule is Cc1cc(NC(=O)c2cc([N+](=O)[O-])c(C)c([N+](=O)[O-])c2)n(-c2ccc3ccccc3n2)n1. The number of benzene rings is 2. The van der Waals surface area contributed by atoms with Crippen molar-refractivity contribution in [2.24, 2.45) is 0 Å². The van der Waals surface area contributed by atoms with Crippen molar-refractivity contribution in [3.8, 4) is 5.82 Å². The van der Waals surface area contributed by atoms with E-state index >= 15 is 0 Å². The van der Waals surface area contributed by atoms with Gasteiger partial charge in [-0.1, -0.05) is 18.2 Å². The van der Waals surface area contributed by atoms with Crippen LogP contribution in [0.1, 0.15) is 21.6 Å². The van der Waals surface area contributed by atoms with Crippen LogP contribution >= 0.6 is 0 Å². The number of hydrogen-bond acceptors (Lipinski definition) is 7. The van der Waals surface area contributed by atoms with Crippen molar-refractivity contribution in [3.63, 3.8) is 0 Å². The summed E-state index contributed by atoms with van der Waals surface area (Å²) in [7, 11) is 0. The predicted molar refractivity (Wildman–Crippen MR) is 116 cm³/mol. The molecule has 2 aromatic carbocycles. The number of nitrogens with zero attached hydrogens (tertiary/aromatic N) is 5. The van der Waals surface area contributed by atoms with E-state index in [9.17, 15) is 25.0 Å². The second kappa shape index (κ2) is 7.87. The summed E-state index contributed by atoms with van der Waals surface area (Å²) in [6.45, 7) is 3.00. The van der Waals surface area contributed by atoms with E-state index in [1.165, 1.54) is 11.6 Å². The predicted octanol–water partition coefficient (Wildman–Crippen LogP) is 4.11. The maximum absolute atomic E-state index is 12.9. The third-order valence-corrected chi connectivity index (χ3v) is 4.88. The average molecular weight is 432 g/mol. The first-order valence-corrected chi connectivity index (χ1v) is 9.42. The fourth-order valence-electron chi connectivity index (χ4n) is 3.32. The van der Waals surface area contributed by atoms with Crippen molar-refractivity contribution < 1.29 is 14.6 Å². The van der Waals surface area contributed by atoms with Gasteiger partial charge >= 0.3 is 0 Å². The Bertz CT molecular complexity index is 1380. The number of aryl methyl sites for hydroxylation is 1. The minimum Gasteiger partial charge on any atom is -0.306 e. The van der Waals surface area contributed by atoms with Gasteiger partial charge in [0.25, 0.3) is 17.3 Å². The molecule has 0 aliphatic carbocycles. The Morgan fingerprint density at radius 3 is 2.28 bits per heavy atom. The molecule has 4 rings (SSSR count). The van der Waals surface area contributed by atoms with Crippen LogP contribution in [0.3, 0.4) is 0 Å². The summed E-state index contributed by atoms with van der Waals surface area (Å²) in [6.07, 6.45) is 0. The molecule has 0 fully saturated rings. The van der Waals surface area contributed by atoms with Crippen LogP contribution < -0.4 is 5.32 Å². The summed E-state index contributed by atoms with van der Waals surface area (Å²) >= 11 is 0. The zero-order valence-corrected chi connectivity index (χ0v) is 17.0. The molecule has 2 aromatic heterocycles. The monoisotopic (exact) mass is 432 g/mol. The zero-order valence-electron chi connectivity index (χ0n) is 17.0. The third-order valence-electron chi connectivity index (χ3n) is 4.88. The number of aromatic nitrogens is 3. The van der Waals surface area contributed by atoms with Crippen molar-refractivity contribution in [2.75, 3.05) is 5.32 Å². The number of anilines is 1. The smallest absolute Gasteiger partial charge is 0.279 e. The number of amides is 1. The number of nitro benzene ring substituents is 2. The van der Waals surface area contributed by atoms with Crippen LogP contribution in [-0.4, -0.2) is 30.5 Å². The molecule has 32 heavy (non-hydrogen) atoms. The Hall–Kier alpha value is -4.67. The first kappa shape index (κ1) is 20.6. The zero-order chi connectivity index (χ0) is 23.0. The Morgan fingerprint density at radius 1 is 0.969 bits per heavy atom. The van der Waals surface area contributed by atoms with Crippen molar-refractivity contribution in [1.29, 1.82) is 0 Å². The number of pyridine rings is 1. The lowest BCUT2D eigenvalue weighted by Crippen LogP contribution is -2.16. The molecule has 0 aliphatic heterocycles. The fraction of sp³-hybridized carbons (Fsp3) is 0.0952. The molecule has 0 bridgehead atoms. The van der Waals surface area contributed by atoms with Crippen molar-refractivity contribution >= 4 is 34.0 Å². The van der Waals surface area contributed by atoms with Gasteiger partial charge in [0.05, 0.1) is 26.6 Å². The van der Waals surface area contributed by atoms with Crippen LogP contribution in [-0.2, 0) is 0 Å². The van der Waals surface area contributed by atoms with Gasteiger partial charge in [0.1, 0.15) is 11.4 Å². The second-order valence-electron chi connectivity index (χ2n) is 7.05. The van der Waals surface area contributed by atoms with Crippen molar-refractivity contribution in [3.05, 3.63) is 91.6 Å². The molecule has 0 unspecified atom stereocenters. The van der Waals surface area contributed by atoms with Gasteiger partial charge in [0.2, 0.25) is 0 Å². The van der Waals surface area contributed by atoms with E-state index in [-0.39, 0.29) is 16.9 Å². The molecule has 0 aliphatic rings. The molecule has 0 saturated carbocycles. The van der Waals surface area contributed by atoms with E-state index in [2.05, 4.69) is 15.4 Å². The fourth-order valence-corrected chi connectivity index (χ4v) is 3.32. The maximum Gasteiger partial charge on any atom is 0.279 e. The second-order valence-corrected chi connectivity index (χ2v) is 7.05. The molecule has 1 amide bonds. The number of carbonyl (C=O) groups is 1. The van der Waals surface area contributed by atoms with E-state index in [1.807, 2.05) is 30.3 Å². The van der Waals surface area contributed by atoms with Gasteiger partial charge in [-0.05, 0) is 32.0 Å². The normalized spacial score (nSPS) is 10.8. The number of rotatable bonds is 5. The number of carbonyl (C=O) groups excluding carboxylic acids is 1. The Labute approximate surface area is 180 Å². The largest absolute Gasteiger partial charge is 0.306 e. The van der Waals surface area contributed by atoms with Crippen molar-refractivity contribution in [2.45, 2.75) is 13.8 Å². The lowest BCUT2D eigenvalue weighted by atomic mass is 10.1. The van der Waals surface area contributed by atoms with E-state index in [0.717, 1.165) is 23.0 Å². The molecule has 0 saturated heterocycles. The highest BCUT2D eigenvalue weighted by Gasteiger charge is 2.26. The third kappa shape index (κ3) is 3.74. The molecular formula is C21H16N6O5. The summed E-state index contributed by atoms with van der Waals surface area (Å²) in [4.78, 5) is 38.5. The highest BCUT2D eigenvalue weighted by atomic mass is 16.6. The number of nitrogens with one attached hydrogen (secondary N) is 1. The highest BCUT2D eigenvalue weighted by molar-refractivity contribution is 6.05. The molecule has 4 aromatic rings. The van der Waals surface area contributed by atoms with Gasteiger partial charge in [-0.25, -0.2) is 4.98 Å². The van der Waals surface area contributed by atoms with E-state index in [4.69, 9.17) is 0 Å². The van der Waals surface area contributed by atoms with Gasteiger partial charge < -0.3 is 5.32 Å². The van der Waals surface area contributed by atoms with Gasteiger partial charge in [0, 0.05) is 23.6 Å². The van der Waals surface area contributed by atoms with Crippen molar-refractivity contribution in [1.82, 2.24) is 14.8 Å². The first-order valence-electron chi connectivity index (χ1n) is 9.42. The van der Waals surface area contributed by atoms with Crippen LogP contribution in [0.25, 0.3) is 16.7 Å². The molecule has 0 atom stereocenters. The minimum absolute atomic E-state index is 0.127. The van der Waals surface area contributed by atoms with Crippen LogP contribution in [0.4, 0.5) is 17.2 Å². The number of hydrogen-bond donors (Lipinski definition) is 1. The summed E-state index contributed by atoms with van der Waals surface area (Å²) in [5.74, 6) is -0.0349. The summed E-state index contributed by atoms with van der Waals surface area (Å²) in [5, 5.41) is 30.5. The molecular weight excluding hydrogens is 416 g/mol. The molecule has 0 spiro atoms. The van der Waals surface area contributed by atoms with Crippen LogP contribution in [0.2, 0.25) is 0 Å². The topological polar surface area (TPSA) is 146 Å². The summed E-state index contributed by atoms with van der Waals surface area (Å²) < 4.78 is 1.43. The average Bonchev–Trinajstić information content (AvgIpc) is 3.12. The molecule has 2 heterocycles. The highest BCUT2D eigenvalue weighted by Crippen LogP contribution is 2.30. The quantitative estimate of drug-likeness (QED) is 0.369. The number of fused-ring (bicyclic) bond motifs is 1. The van der Waals surface area contributed by atoms with Gasteiger partial charge in [-0.2, -0.15) is 9.78 Å². The molecule has 1 N–H and O–H groups in total. The lowest BCUT2D eigenvalue weighted by Gasteiger charge is -2.10. The van der Waals surface area contributed by atoms with Gasteiger partial charge in [0.15, 0.2) is 5.82 Å². The summed E-state index contributed by atoms with van der Waals surface area (Å²) in [6, 6.07) is 14.8. The van der Waals surface area contributed by atoms with Gasteiger partial charge in [-0.3, -0.25) is 25.0 Å². The van der Waals surface area contributed by atoms with Crippen LogP contribution in [0.5, 0.6) is 0 Å².